The first-order valence-corrected chi connectivity index (χ1v) is 9.95. The summed E-state index contributed by atoms with van der Waals surface area (Å²) in [5, 5.41) is 2.97. The number of amides is 1. The number of nitrogens with zero attached hydrogens (tertiary/aromatic N) is 4. The van der Waals surface area contributed by atoms with Crippen LogP contribution in [0.3, 0.4) is 0 Å². The summed E-state index contributed by atoms with van der Waals surface area (Å²) in [6, 6.07) is 4.53. The second-order valence-electron chi connectivity index (χ2n) is 7.33. The molecule has 0 bridgehead atoms. The fraction of sp³-hybridized carbons (Fsp3) is 0.450. The van der Waals surface area contributed by atoms with Gasteiger partial charge in [0.1, 0.15) is 12.5 Å². The number of halogens is 3. The van der Waals surface area contributed by atoms with E-state index in [1.807, 2.05) is 11.0 Å². The third-order valence-corrected chi connectivity index (χ3v) is 5.01. The number of alkyl halides is 3. The molecule has 2 aromatic rings. The van der Waals surface area contributed by atoms with Gasteiger partial charge in [0.15, 0.2) is 0 Å². The Morgan fingerprint density at radius 3 is 2.52 bits per heavy atom. The molecule has 1 aromatic carbocycles. The van der Waals surface area contributed by atoms with Crippen LogP contribution in [-0.4, -0.2) is 60.1 Å². The highest BCUT2D eigenvalue weighted by Gasteiger charge is 2.31. The zero-order chi connectivity index (χ0) is 21.8. The predicted molar refractivity (Wildman–Crippen MR) is 106 cm³/mol. The summed E-state index contributed by atoms with van der Waals surface area (Å²) >= 11 is 0. The van der Waals surface area contributed by atoms with Gasteiger partial charge in [0, 0.05) is 50.3 Å². The fourth-order valence-electron chi connectivity index (χ4n) is 3.35. The van der Waals surface area contributed by atoms with Crippen molar-refractivity contribution in [2.75, 3.05) is 43.2 Å². The smallest absolute Gasteiger partial charge is 0.406 e. The minimum absolute atomic E-state index is 0.198. The summed E-state index contributed by atoms with van der Waals surface area (Å²) in [5.41, 5.74) is 1.62. The molecule has 2 aliphatic rings. The number of carbonyl (C=O) groups excluding carboxylic acids is 1. The van der Waals surface area contributed by atoms with Crippen LogP contribution in [0.2, 0.25) is 0 Å². The zero-order valence-corrected chi connectivity index (χ0v) is 16.7. The molecule has 1 N–H and O–H groups in total. The Kier molecular flexibility index (Phi) is 6.12. The van der Waals surface area contributed by atoms with Crippen LogP contribution in [0.1, 0.15) is 28.8 Å². The summed E-state index contributed by atoms with van der Waals surface area (Å²) in [4.78, 5) is 24.3. The molecule has 11 heteroatoms. The van der Waals surface area contributed by atoms with Crippen molar-refractivity contribution in [1.82, 2.24) is 14.9 Å². The number of hydrogen-bond acceptors (Lipinski definition) is 7. The number of ether oxygens (including phenoxy) is 2. The van der Waals surface area contributed by atoms with Gasteiger partial charge in [-0.25, -0.2) is 9.97 Å². The number of aromatic nitrogens is 2. The van der Waals surface area contributed by atoms with Crippen molar-refractivity contribution in [3.05, 3.63) is 41.7 Å². The molecule has 1 aromatic heterocycles. The van der Waals surface area contributed by atoms with E-state index in [0.29, 0.717) is 30.0 Å². The van der Waals surface area contributed by atoms with E-state index in [1.54, 1.807) is 4.90 Å². The first-order chi connectivity index (χ1) is 14.9. The molecule has 0 radical (unpaired) electrons. The van der Waals surface area contributed by atoms with Crippen LogP contribution in [0.15, 0.2) is 30.6 Å². The molecule has 2 fully saturated rings. The van der Waals surface area contributed by atoms with Crippen LogP contribution in [0.25, 0.3) is 0 Å². The van der Waals surface area contributed by atoms with Gasteiger partial charge in [-0.15, -0.1) is 13.2 Å². The monoisotopic (exact) mass is 437 g/mol. The lowest BCUT2D eigenvalue weighted by Gasteiger charge is -2.33. The van der Waals surface area contributed by atoms with Crippen molar-refractivity contribution >= 4 is 17.5 Å². The molecule has 1 amide bonds. The Balaban J connectivity index is 1.42. The Morgan fingerprint density at radius 2 is 1.90 bits per heavy atom. The molecule has 2 saturated heterocycles. The zero-order valence-electron chi connectivity index (χ0n) is 16.7. The van der Waals surface area contributed by atoms with Gasteiger partial charge in [0.25, 0.3) is 5.91 Å². The van der Waals surface area contributed by atoms with Crippen LogP contribution < -0.4 is 15.0 Å². The molecular formula is C20H22F3N5O3. The highest BCUT2D eigenvalue weighted by Crippen LogP contribution is 2.31. The second kappa shape index (κ2) is 8.96. The van der Waals surface area contributed by atoms with E-state index < -0.39 is 6.36 Å². The maximum atomic E-state index is 12.7. The number of carbonyl (C=O) groups is 1. The molecule has 0 saturated carbocycles. The Labute approximate surface area is 177 Å². The first kappa shape index (κ1) is 21.2. The van der Waals surface area contributed by atoms with Crippen molar-refractivity contribution in [2.45, 2.75) is 25.7 Å². The van der Waals surface area contributed by atoms with Gasteiger partial charge in [0.2, 0.25) is 5.95 Å². The minimum Gasteiger partial charge on any atom is -0.406 e. The lowest BCUT2D eigenvalue weighted by molar-refractivity contribution is -0.274. The molecular weight excluding hydrogens is 415 g/mol. The molecule has 0 unspecified atom stereocenters. The topological polar surface area (TPSA) is 79.8 Å². The Morgan fingerprint density at radius 1 is 1.13 bits per heavy atom. The number of anilines is 2. The Bertz CT molecular complexity index is 913. The van der Waals surface area contributed by atoms with Gasteiger partial charge < -0.3 is 24.6 Å². The van der Waals surface area contributed by atoms with Crippen molar-refractivity contribution in [1.29, 1.82) is 0 Å². The van der Waals surface area contributed by atoms with E-state index in [2.05, 4.69) is 20.0 Å². The summed E-state index contributed by atoms with van der Waals surface area (Å²) in [6.45, 7) is 3.29. The predicted octanol–water partition coefficient (Wildman–Crippen LogP) is 3.02. The molecule has 8 nitrogen and oxygen atoms in total. The van der Waals surface area contributed by atoms with E-state index in [1.165, 1.54) is 24.5 Å². The van der Waals surface area contributed by atoms with Crippen molar-refractivity contribution in [2.24, 2.45) is 0 Å². The number of hydrogen-bond donors (Lipinski definition) is 1. The lowest BCUT2D eigenvalue weighted by Crippen LogP contribution is -2.38. The third-order valence-electron chi connectivity index (χ3n) is 5.01. The number of benzene rings is 1. The van der Waals surface area contributed by atoms with E-state index in [9.17, 15) is 18.0 Å². The second-order valence-corrected chi connectivity index (χ2v) is 7.33. The maximum absolute atomic E-state index is 12.7. The van der Waals surface area contributed by atoms with Crippen molar-refractivity contribution < 1.29 is 27.4 Å². The molecule has 0 aliphatic carbocycles. The van der Waals surface area contributed by atoms with Gasteiger partial charge >= 0.3 is 6.36 Å². The fourth-order valence-corrected chi connectivity index (χ4v) is 3.35. The lowest BCUT2D eigenvalue weighted by atomic mass is 10.1. The summed E-state index contributed by atoms with van der Waals surface area (Å²) < 4.78 is 47.4. The average molecular weight is 437 g/mol. The van der Waals surface area contributed by atoms with Crippen LogP contribution in [0.4, 0.5) is 24.8 Å². The molecule has 0 spiro atoms. The highest BCUT2D eigenvalue weighted by atomic mass is 19.4. The Hall–Kier alpha value is -3.08. The summed E-state index contributed by atoms with van der Waals surface area (Å²) in [5.74, 6) is -0.208. The first-order valence-electron chi connectivity index (χ1n) is 9.95. The molecule has 3 heterocycles. The minimum atomic E-state index is -4.76. The summed E-state index contributed by atoms with van der Waals surface area (Å²) in [7, 11) is 0. The van der Waals surface area contributed by atoms with Gasteiger partial charge in [0.05, 0.1) is 12.2 Å². The van der Waals surface area contributed by atoms with Gasteiger partial charge in [-0.05, 0) is 30.5 Å². The quantitative estimate of drug-likeness (QED) is 0.744. The summed E-state index contributed by atoms with van der Waals surface area (Å²) in [6.07, 6.45) is -0.145. The van der Waals surface area contributed by atoms with Crippen LogP contribution in [0.5, 0.6) is 5.75 Å². The van der Waals surface area contributed by atoms with Crippen molar-refractivity contribution in [3.8, 4) is 5.75 Å². The highest BCUT2D eigenvalue weighted by molar-refractivity contribution is 5.93. The van der Waals surface area contributed by atoms with Crippen LogP contribution in [-0.2, 0) is 11.3 Å². The van der Waals surface area contributed by atoms with E-state index >= 15 is 0 Å². The van der Waals surface area contributed by atoms with Crippen molar-refractivity contribution in [3.63, 3.8) is 0 Å². The molecule has 31 heavy (non-hydrogen) atoms. The molecule has 2 aliphatic heterocycles. The normalized spacial score (nSPS) is 16.6. The van der Waals surface area contributed by atoms with Gasteiger partial charge in [-0.2, -0.15) is 0 Å². The van der Waals surface area contributed by atoms with Gasteiger partial charge in [-0.3, -0.25) is 4.79 Å². The molecule has 0 atom stereocenters. The third kappa shape index (κ3) is 5.54. The van der Waals surface area contributed by atoms with E-state index in [-0.39, 0.29) is 30.9 Å². The maximum Gasteiger partial charge on any atom is 0.573 e. The van der Waals surface area contributed by atoms with E-state index in [4.69, 9.17) is 4.74 Å². The standard InChI is InChI=1S/C20H22F3N5O3/c21-20(22,23)31-17-8-14(7-16(9-17)27-3-1-4-27)10-24-19-25-11-15(12-26-19)18(29)28-5-2-6-30-13-28/h7-9,11-12H,1-6,10,13H2,(H,24,25,26). The SMILES string of the molecule is O=C(c1cnc(NCc2cc(OC(F)(F)F)cc(N3CCC3)c2)nc1)N1CCCOC1. The van der Waals surface area contributed by atoms with E-state index in [0.717, 1.165) is 25.9 Å². The van der Waals surface area contributed by atoms with Crippen LogP contribution in [0, 0.1) is 0 Å². The average Bonchev–Trinajstić information content (AvgIpc) is 2.70. The van der Waals surface area contributed by atoms with Crippen LogP contribution >= 0.6 is 0 Å². The molecule has 4 rings (SSSR count). The number of nitrogens with one attached hydrogen (secondary N) is 1. The van der Waals surface area contributed by atoms with Gasteiger partial charge in [-0.1, -0.05) is 0 Å². The largest absolute Gasteiger partial charge is 0.573 e. The number of rotatable bonds is 6. The molecule has 166 valence electrons.